The Bertz CT molecular complexity index is 663. The van der Waals surface area contributed by atoms with Gasteiger partial charge in [-0.1, -0.05) is 0 Å². The van der Waals surface area contributed by atoms with Gasteiger partial charge in [-0.15, -0.1) is 0 Å². The van der Waals surface area contributed by atoms with Crippen LogP contribution in [0.4, 0.5) is 5.82 Å². The molecule has 2 rings (SSSR count). The van der Waals surface area contributed by atoms with Crippen molar-refractivity contribution in [3.63, 3.8) is 0 Å². The lowest BCUT2D eigenvalue weighted by Crippen LogP contribution is -2.23. The number of hydrogen-bond donors (Lipinski definition) is 2. The number of aromatic nitrogens is 3. The lowest BCUT2D eigenvalue weighted by molar-refractivity contribution is 0.579. The molecule has 0 saturated carbocycles. The van der Waals surface area contributed by atoms with Crippen LogP contribution in [0.15, 0.2) is 35.5 Å². The van der Waals surface area contributed by atoms with Crippen molar-refractivity contribution in [2.45, 2.75) is 18.4 Å². The molecule has 2 N–H and O–H groups in total. The first-order chi connectivity index (χ1) is 9.51. The van der Waals surface area contributed by atoms with Gasteiger partial charge in [0.15, 0.2) is 0 Å². The molecule has 0 saturated heterocycles. The molecule has 7 nitrogen and oxygen atoms in total. The van der Waals surface area contributed by atoms with Crippen LogP contribution in [0.3, 0.4) is 0 Å². The van der Waals surface area contributed by atoms with E-state index in [0.29, 0.717) is 11.5 Å². The van der Waals surface area contributed by atoms with Crippen LogP contribution in [0.25, 0.3) is 0 Å². The summed E-state index contributed by atoms with van der Waals surface area (Å²) < 4.78 is 28.3. The van der Waals surface area contributed by atoms with Crippen LogP contribution in [0.1, 0.15) is 12.6 Å². The van der Waals surface area contributed by atoms with E-state index in [0.717, 1.165) is 6.54 Å². The summed E-state index contributed by atoms with van der Waals surface area (Å²) in [5.41, 5.74) is 0.660. The third-order valence-electron chi connectivity index (χ3n) is 2.62. The summed E-state index contributed by atoms with van der Waals surface area (Å²) in [6, 6.07) is 4.92. The van der Waals surface area contributed by atoms with E-state index in [1.54, 1.807) is 30.1 Å². The Morgan fingerprint density at radius 3 is 2.65 bits per heavy atom. The quantitative estimate of drug-likeness (QED) is 0.820. The van der Waals surface area contributed by atoms with E-state index in [4.69, 9.17) is 0 Å². The van der Waals surface area contributed by atoms with E-state index in [1.165, 1.54) is 12.3 Å². The van der Waals surface area contributed by atoms with E-state index < -0.39 is 10.0 Å². The van der Waals surface area contributed by atoms with Crippen molar-refractivity contribution < 1.29 is 8.42 Å². The van der Waals surface area contributed by atoms with Crippen LogP contribution in [0.2, 0.25) is 0 Å². The number of anilines is 1. The van der Waals surface area contributed by atoms with Crippen LogP contribution in [0, 0.1) is 0 Å². The standard InChI is InChI=1S/C12H17N5O2S/c1-3-13-12-5-4-11(9-14-12)20(18,19)15-8-10-6-7-17(2)16-10/h4-7,9,15H,3,8H2,1-2H3,(H,13,14). The summed E-state index contributed by atoms with van der Waals surface area (Å²) in [4.78, 5) is 4.18. The molecule has 108 valence electrons. The van der Waals surface area contributed by atoms with Crippen molar-refractivity contribution in [2.75, 3.05) is 11.9 Å². The Kier molecular flexibility index (Phi) is 4.35. The van der Waals surface area contributed by atoms with Gasteiger partial charge in [-0.3, -0.25) is 4.68 Å². The first-order valence-electron chi connectivity index (χ1n) is 6.19. The van der Waals surface area contributed by atoms with Crippen molar-refractivity contribution in [1.82, 2.24) is 19.5 Å². The molecule has 0 unspecified atom stereocenters. The molecule has 0 atom stereocenters. The van der Waals surface area contributed by atoms with E-state index in [2.05, 4.69) is 20.1 Å². The van der Waals surface area contributed by atoms with Crippen molar-refractivity contribution in [3.05, 3.63) is 36.3 Å². The van der Waals surface area contributed by atoms with Crippen LogP contribution >= 0.6 is 0 Å². The minimum absolute atomic E-state index is 0.134. The fourth-order valence-electron chi connectivity index (χ4n) is 1.63. The smallest absolute Gasteiger partial charge is 0.242 e. The zero-order valence-corrected chi connectivity index (χ0v) is 12.2. The van der Waals surface area contributed by atoms with E-state index >= 15 is 0 Å². The number of nitrogens with one attached hydrogen (secondary N) is 2. The molecule has 0 bridgehead atoms. The molecule has 20 heavy (non-hydrogen) atoms. The molecule has 0 spiro atoms. The van der Waals surface area contributed by atoms with Crippen LogP contribution < -0.4 is 10.0 Å². The monoisotopic (exact) mass is 295 g/mol. The van der Waals surface area contributed by atoms with Gasteiger partial charge < -0.3 is 5.32 Å². The summed E-state index contributed by atoms with van der Waals surface area (Å²) in [5.74, 6) is 0.649. The van der Waals surface area contributed by atoms with Crippen LogP contribution in [-0.2, 0) is 23.6 Å². The molecule has 2 aromatic heterocycles. The van der Waals surface area contributed by atoms with Crippen LogP contribution in [0.5, 0.6) is 0 Å². The number of sulfonamides is 1. The molecular weight excluding hydrogens is 278 g/mol. The van der Waals surface area contributed by atoms with E-state index in [1.807, 2.05) is 6.92 Å². The lowest BCUT2D eigenvalue weighted by Gasteiger charge is -2.06. The fourth-order valence-corrected chi connectivity index (χ4v) is 2.58. The average molecular weight is 295 g/mol. The third kappa shape index (κ3) is 3.55. The predicted molar refractivity (Wildman–Crippen MR) is 75.6 cm³/mol. The summed E-state index contributed by atoms with van der Waals surface area (Å²) in [6.45, 7) is 2.83. The second-order valence-electron chi connectivity index (χ2n) is 4.21. The minimum atomic E-state index is -3.57. The molecular formula is C12H17N5O2S. The highest BCUT2D eigenvalue weighted by atomic mass is 32.2. The molecule has 2 heterocycles. The highest BCUT2D eigenvalue weighted by Gasteiger charge is 2.14. The van der Waals surface area contributed by atoms with Gasteiger partial charge >= 0.3 is 0 Å². The van der Waals surface area contributed by atoms with Crippen molar-refractivity contribution in [3.8, 4) is 0 Å². The maximum absolute atomic E-state index is 12.1. The summed E-state index contributed by atoms with van der Waals surface area (Å²) in [6.07, 6.45) is 3.09. The maximum Gasteiger partial charge on any atom is 0.242 e. The molecule has 0 aliphatic rings. The Morgan fingerprint density at radius 2 is 2.10 bits per heavy atom. The normalized spacial score (nSPS) is 11.5. The first-order valence-corrected chi connectivity index (χ1v) is 7.67. The van der Waals surface area contributed by atoms with Gasteiger partial charge in [0.2, 0.25) is 10.0 Å². The second kappa shape index (κ2) is 6.02. The first kappa shape index (κ1) is 14.5. The van der Waals surface area contributed by atoms with Crippen LogP contribution in [-0.4, -0.2) is 29.7 Å². The van der Waals surface area contributed by atoms with Gasteiger partial charge in [-0.25, -0.2) is 18.1 Å². The van der Waals surface area contributed by atoms with Crippen molar-refractivity contribution >= 4 is 15.8 Å². The summed E-state index contributed by atoms with van der Waals surface area (Å²) >= 11 is 0. The molecule has 0 radical (unpaired) electrons. The number of nitrogens with zero attached hydrogens (tertiary/aromatic N) is 3. The lowest BCUT2D eigenvalue weighted by atomic mass is 10.4. The Labute approximate surface area is 118 Å². The number of pyridine rings is 1. The highest BCUT2D eigenvalue weighted by Crippen LogP contribution is 2.10. The van der Waals surface area contributed by atoms with Gasteiger partial charge in [0, 0.05) is 26.0 Å². The zero-order chi connectivity index (χ0) is 14.6. The van der Waals surface area contributed by atoms with Crippen molar-refractivity contribution in [2.24, 2.45) is 7.05 Å². The molecule has 2 aromatic rings. The van der Waals surface area contributed by atoms with Gasteiger partial charge in [0.25, 0.3) is 0 Å². The Morgan fingerprint density at radius 1 is 1.30 bits per heavy atom. The van der Waals surface area contributed by atoms with Gasteiger partial charge in [0.05, 0.1) is 12.2 Å². The summed E-state index contributed by atoms with van der Waals surface area (Å²) in [5, 5.41) is 7.12. The SMILES string of the molecule is CCNc1ccc(S(=O)(=O)NCc2ccn(C)n2)cn1. The predicted octanol–water partition coefficient (Wildman–Crippen LogP) is 0.725. The molecule has 0 fully saturated rings. The fraction of sp³-hybridized carbons (Fsp3) is 0.333. The topological polar surface area (TPSA) is 88.9 Å². The number of rotatable bonds is 6. The van der Waals surface area contributed by atoms with E-state index in [9.17, 15) is 8.42 Å². The van der Waals surface area contributed by atoms with Gasteiger partial charge in [-0.05, 0) is 25.1 Å². The minimum Gasteiger partial charge on any atom is -0.370 e. The average Bonchev–Trinajstić information content (AvgIpc) is 2.84. The number of aryl methyl sites for hydroxylation is 1. The number of hydrogen-bond acceptors (Lipinski definition) is 5. The molecule has 0 amide bonds. The van der Waals surface area contributed by atoms with Gasteiger partial charge in [0.1, 0.15) is 10.7 Å². The summed E-state index contributed by atoms with van der Waals surface area (Å²) in [7, 11) is -1.79. The third-order valence-corrected chi connectivity index (χ3v) is 4.00. The molecule has 8 heteroatoms. The highest BCUT2D eigenvalue weighted by molar-refractivity contribution is 7.89. The van der Waals surface area contributed by atoms with E-state index in [-0.39, 0.29) is 11.4 Å². The zero-order valence-electron chi connectivity index (χ0n) is 11.4. The van der Waals surface area contributed by atoms with Gasteiger partial charge in [-0.2, -0.15) is 5.10 Å². The largest absolute Gasteiger partial charge is 0.370 e. The van der Waals surface area contributed by atoms with Crippen molar-refractivity contribution in [1.29, 1.82) is 0 Å². The molecule has 0 aromatic carbocycles. The Hall–Kier alpha value is -1.93. The Balaban J connectivity index is 2.05. The maximum atomic E-state index is 12.1. The molecule has 0 aliphatic heterocycles. The second-order valence-corrected chi connectivity index (χ2v) is 5.98. The molecule has 0 aliphatic carbocycles.